The Balaban J connectivity index is 1.90. The summed E-state index contributed by atoms with van der Waals surface area (Å²) in [5.74, 6) is -0.699. The van der Waals surface area contributed by atoms with Gasteiger partial charge >= 0.3 is 0 Å². The first-order chi connectivity index (χ1) is 11.4. The maximum absolute atomic E-state index is 12.0. The molecule has 124 valence electrons. The Hall–Kier alpha value is -2.44. The van der Waals surface area contributed by atoms with Gasteiger partial charge in [-0.15, -0.1) is 0 Å². The number of aromatic nitrogens is 1. The second-order valence-corrected chi connectivity index (χ2v) is 5.79. The molecular weight excluding hydrogens is 351 g/mol. The summed E-state index contributed by atoms with van der Waals surface area (Å²) in [6.45, 7) is 1.63. The van der Waals surface area contributed by atoms with E-state index in [1.54, 1.807) is 43.5 Å². The number of rotatable bonds is 5. The van der Waals surface area contributed by atoms with Gasteiger partial charge in [0.05, 0.1) is 12.0 Å². The van der Waals surface area contributed by atoms with E-state index in [1.165, 1.54) is 6.20 Å². The number of hydrazone groups is 1. The number of carbonyl (C=O) groups excluding carboxylic acids is 2. The first-order valence-corrected chi connectivity index (χ1v) is 7.69. The minimum atomic E-state index is -0.399. The number of pyridine rings is 1. The fraction of sp³-hybridized carbons (Fsp3) is 0.125. The Morgan fingerprint density at radius 2 is 1.92 bits per heavy atom. The Bertz CT molecular complexity index is 759. The van der Waals surface area contributed by atoms with Crippen LogP contribution in [-0.2, 0) is 4.79 Å². The molecule has 0 radical (unpaired) electrons. The molecule has 2 rings (SSSR count). The first kappa shape index (κ1) is 17.9. The first-order valence-electron chi connectivity index (χ1n) is 6.93. The summed E-state index contributed by atoms with van der Waals surface area (Å²) in [4.78, 5) is 27.6. The maximum atomic E-state index is 12.0. The van der Waals surface area contributed by atoms with Crippen molar-refractivity contribution in [3.63, 3.8) is 0 Å². The van der Waals surface area contributed by atoms with Crippen LogP contribution in [0.5, 0.6) is 0 Å². The SMILES string of the molecule is CC(CC(=O)Nc1cc(Cl)cc(Cl)c1)=NNC(=O)c1cccnc1. The molecule has 1 aromatic carbocycles. The molecule has 24 heavy (non-hydrogen) atoms. The van der Waals surface area contributed by atoms with Crippen LogP contribution in [0.25, 0.3) is 0 Å². The lowest BCUT2D eigenvalue weighted by atomic mass is 10.2. The van der Waals surface area contributed by atoms with Gasteiger partial charge in [-0.3, -0.25) is 14.6 Å². The van der Waals surface area contributed by atoms with Crippen LogP contribution in [0, 0.1) is 0 Å². The molecule has 1 aromatic heterocycles. The molecule has 0 aliphatic rings. The third-order valence-electron chi connectivity index (χ3n) is 2.83. The molecule has 1 heterocycles. The Kier molecular flexibility index (Phi) is 6.28. The number of halogens is 2. The predicted molar refractivity (Wildman–Crippen MR) is 94.5 cm³/mol. The molecular formula is C16H14Cl2N4O2. The second kappa shape index (κ2) is 8.42. The third-order valence-corrected chi connectivity index (χ3v) is 3.27. The molecule has 0 saturated carbocycles. The van der Waals surface area contributed by atoms with Crippen LogP contribution >= 0.6 is 23.2 Å². The van der Waals surface area contributed by atoms with E-state index in [-0.39, 0.29) is 12.3 Å². The van der Waals surface area contributed by atoms with Crippen molar-refractivity contribution in [2.45, 2.75) is 13.3 Å². The van der Waals surface area contributed by atoms with Crippen molar-refractivity contribution in [1.82, 2.24) is 10.4 Å². The Morgan fingerprint density at radius 1 is 1.21 bits per heavy atom. The number of nitrogens with zero attached hydrogens (tertiary/aromatic N) is 2. The zero-order valence-electron chi connectivity index (χ0n) is 12.7. The van der Waals surface area contributed by atoms with Gasteiger partial charge in [0.2, 0.25) is 5.91 Å². The van der Waals surface area contributed by atoms with Crippen molar-refractivity contribution in [2.24, 2.45) is 5.10 Å². The van der Waals surface area contributed by atoms with Gasteiger partial charge in [0.1, 0.15) is 0 Å². The van der Waals surface area contributed by atoms with E-state index in [0.717, 1.165) is 0 Å². The van der Waals surface area contributed by atoms with E-state index >= 15 is 0 Å². The zero-order chi connectivity index (χ0) is 17.5. The summed E-state index contributed by atoms with van der Waals surface area (Å²) in [7, 11) is 0. The highest BCUT2D eigenvalue weighted by Gasteiger charge is 2.08. The third kappa shape index (κ3) is 5.64. The average Bonchev–Trinajstić information content (AvgIpc) is 2.52. The Labute approximate surface area is 148 Å². The van der Waals surface area contributed by atoms with Gasteiger partial charge in [0.15, 0.2) is 0 Å². The van der Waals surface area contributed by atoms with Crippen LogP contribution in [0.3, 0.4) is 0 Å². The lowest BCUT2D eigenvalue weighted by Gasteiger charge is -2.06. The number of anilines is 1. The van der Waals surface area contributed by atoms with E-state index in [0.29, 0.717) is 27.0 Å². The van der Waals surface area contributed by atoms with E-state index in [1.807, 2.05) is 0 Å². The molecule has 0 spiro atoms. The van der Waals surface area contributed by atoms with E-state index in [2.05, 4.69) is 20.8 Å². The highest BCUT2D eigenvalue weighted by Crippen LogP contribution is 2.22. The smallest absolute Gasteiger partial charge is 0.272 e. The lowest BCUT2D eigenvalue weighted by Crippen LogP contribution is -2.21. The molecule has 0 fully saturated rings. The minimum absolute atomic E-state index is 0.0114. The molecule has 0 aliphatic heterocycles. The maximum Gasteiger partial charge on any atom is 0.272 e. The monoisotopic (exact) mass is 364 g/mol. The molecule has 0 aliphatic carbocycles. The molecule has 8 heteroatoms. The molecule has 0 saturated heterocycles. The minimum Gasteiger partial charge on any atom is -0.326 e. The van der Waals surface area contributed by atoms with Gasteiger partial charge in [-0.25, -0.2) is 5.43 Å². The number of hydrogen-bond donors (Lipinski definition) is 2. The number of amides is 2. The average molecular weight is 365 g/mol. The van der Waals surface area contributed by atoms with Crippen LogP contribution in [0.2, 0.25) is 10.0 Å². The van der Waals surface area contributed by atoms with Crippen LogP contribution in [0.1, 0.15) is 23.7 Å². The van der Waals surface area contributed by atoms with Gasteiger partial charge in [-0.2, -0.15) is 5.10 Å². The normalized spacial score (nSPS) is 11.0. The summed E-state index contributed by atoms with van der Waals surface area (Å²) < 4.78 is 0. The predicted octanol–water partition coefficient (Wildman–Crippen LogP) is 3.52. The van der Waals surface area contributed by atoms with E-state index in [9.17, 15) is 9.59 Å². The topological polar surface area (TPSA) is 83.5 Å². The molecule has 2 aromatic rings. The van der Waals surface area contributed by atoms with Crippen molar-refractivity contribution in [3.05, 3.63) is 58.3 Å². The largest absolute Gasteiger partial charge is 0.326 e. The Morgan fingerprint density at radius 3 is 2.54 bits per heavy atom. The zero-order valence-corrected chi connectivity index (χ0v) is 14.2. The van der Waals surface area contributed by atoms with Crippen LogP contribution in [0.4, 0.5) is 5.69 Å². The molecule has 0 atom stereocenters. The highest BCUT2D eigenvalue weighted by atomic mass is 35.5. The fourth-order valence-electron chi connectivity index (χ4n) is 1.81. The molecule has 6 nitrogen and oxygen atoms in total. The van der Waals surface area contributed by atoms with Crippen molar-refractivity contribution in [2.75, 3.05) is 5.32 Å². The van der Waals surface area contributed by atoms with Gasteiger partial charge in [-0.1, -0.05) is 23.2 Å². The lowest BCUT2D eigenvalue weighted by molar-refractivity contribution is -0.115. The molecule has 0 bridgehead atoms. The summed E-state index contributed by atoms with van der Waals surface area (Å²) in [6.07, 6.45) is 3.00. The van der Waals surface area contributed by atoms with Crippen molar-refractivity contribution >= 4 is 46.4 Å². The molecule has 2 N–H and O–H groups in total. The number of benzene rings is 1. The summed E-state index contributed by atoms with van der Waals surface area (Å²) in [5.41, 5.74) is 3.69. The second-order valence-electron chi connectivity index (χ2n) is 4.91. The molecule has 2 amide bonds. The number of hydrogen-bond acceptors (Lipinski definition) is 4. The van der Waals surface area contributed by atoms with Crippen molar-refractivity contribution in [1.29, 1.82) is 0 Å². The van der Waals surface area contributed by atoms with E-state index < -0.39 is 5.91 Å². The summed E-state index contributed by atoms with van der Waals surface area (Å²) in [5, 5.41) is 7.40. The van der Waals surface area contributed by atoms with Crippen molar-refractivity contribution < 1.29 is 9.59 Å². The van der Waals surface area contributed by atoms with Crippen LogP contribution < -0.4 is 10.7 Å². The van der Waals surface area contributed by atoms with Crippen LogP contribution in [-0.4, -0.2) is 22.5 Å². The summed E-state index contributed by atoms with van der Waals surface area (Å²) >= 11 is 11.7. The number of nitrogens with one attached hydrogen (secondary N) is 2. The van der Waals surface area contributed by atoms with Gasteiger partial charge in [0.25, 0.3) is 5.91 Å². The quantitative estimate of drug-likeness (QED) is 0.628. The van der Waals surface area contributed by atoms with Gasteiger partial charge in [-0.05, 0) is 37.3 Å². The summed E-state index contributed by atoms with van der Waals surface area (Å²) in [6, 6.07) is 8.00. The number of carbonyl (C=O) groups is 2. The highest BCUT2D eigenvalue weighted by molar-refractivity contribution is 6.35. The van der Waals surface area contributed by atoms with Crippen molar-refractivity contribution in [3.8, 4) is 0 Å². The van der Waals surface area contributed by atoms with Gasteiger partial charge in [0, 0.05) is 33.8 Å². The fourth-order valence-corrected chi connectivity index (χ4v) is 2.34. The van der Waals surface area contributed by atoms with E-state index in [4.69, 9.17) is 23.2 Å². The van der Waals surface area contributed by atoms with Crippen LogP contribution in [0.15, 0.2) is 47.8 Å². The standard InChI is InChI=1S/C16H14Cl2N4O2/c1-10(21-22-16(24)11-3-2-4-19-9-11)5-15(23)20-14-7-12(17)6-13(18)8-14/h2-4,6-9H,5H2,1H3,(H,20,23)(H,22,24). The molecule has 0 unspecified atom stereocenters. The van der Waals surface area contributed by atoms with Gasteiger partial charge < -0.3 is 5.32 Å².